The van der Waals surface area contributed by atoms with E-state index >= 15 is 0 Å². The monoisotopic (exact) mass is 470 g/mol. The summed E-state index contributed by atoms with van der Waals surface area (Å²) in [5, 5.41) is 7.58. The van der Waals surface area contributed by atoms with Crippen LogP contribution in [-0.2, 0) is 14.3 Å². The third kappa shape index (κ3) is 8.51. The van der Waals surface area contributed by atoms with Crippen molar-refractivity contribution in [1.29, 1.82) is 0 Å². The second-order valence-corrected chi connectivity index (χ2v) is 11.8. The molecule has 34 heavy (non-hydrogen) atoms. The van der Waals surface area contributed by atoms with Crippen LogP contribution in [0.25, 0.3) is 6.08 Å². The van der Waals surface area contributed by atoms with E-state index in [1.807, 2.05) is 34.6 Å². The van der Waals surface area contributed by atoms with Crippen LogP contribution in [0, 0.1) is 11.3 Å². The second-order valence-electron chi connectivity index (χ2n) is 11.8. The first-order valence-electron chi connectivity index (χ1n) is 13.0. The van der Waals surface area contributed by atoms with Gasteiger partial charge in [-0.05, 0) is 84.6 Å². The van der Waals surface area contributed by atoms with Crippen molar-refractivity contribution in [3.05, 3.63) is 41.5 Å². The number of methoxy groups -OCH3 is 1. The van der Waals surface area contributed by atoms with E-state index in [0.29, 0.717) is 30.6 Å². The second kappa shape index (κ2) is 11.8. The summed E-state index contributed by atoms with van der Waals surface area (Å²) in [5.74, 6) is 0.497. The van der Waals surface area contributed by atoms with Gasteiger partial charge in [-0.3, -0.25) is 4.79 Å². The van der Waals surface area contributed by atoms with Crippen molar-refractivity contribution in [2.24, 2.45) is 11.3 Å². The number of nitrogens with one attached hydrogen (secondary N) is 2. The van der Waals surface area contributed by atoms with Gasteiger partial charge in [-0.25, -0.2) is 0 Å². The van der Waals surface area contributed by atoms with Gasteiger partial charge in [0.1, 0.15) is 5.60 Å². The number of rotatable bonds is 11. The van der Waals surface area contributed by atoms with Gasteiger partial charge in [-0.2, -0.15) is 0 Å². The number of hydrogen-bond acceptors (Lipinski definition) is 5. The third-order valence-corrected chi connectivity index (χ3v) is 6.97. The van der Waals surface area contributed by atoms with E-state index in [1.165, 1.54) is 30.4 Å². The van der Waals surface area contributed by atoms with Crippen molar-refractivity contribution in [2.75, 3.05) is 20.3 Å². The quantitative estimate of drug-likeness (QED) is 0.427. The van der Waals surface area contributed by atoms with E-state index in [-0.39, 0.29) is 5.97 Å². The van der Waals surface area contributed by atoms with Crippen LogP contribution in [0.4, 0.5) is 0 Å². The molecule has 0 amide bonds. The lowest BCUT2D eigenvalue weighted by Crippen LogP contribution is -2.46. The standard InChI is InChI=1S/C29H46N2O3/c1-28(2,3)34-27(32)29(4,5)20-30-23-12-14-24(15-13-23)31-26-19-25(26)22(16-17-33-6)18-21-10-8-7-9-11-21/h7-11,18,23-26,30-31H,12-17,19-20H2,1-6H3/b22-18+/t23?,24?,25-,26+/m0/s1. The zero-order chi connectivity index (χ0) is 24.8. The number of ether oxygens (including phenoxy) is 2. The summed E-state index contributed by atoms with van der Waals surface area (Å²) < 4.78 is 11.0. The Morgan fingerprint density at radius 2 is 1.68 bits per heavy atom. The Morgan fingerprint density at radius 1 is 1.03 bits per heavy atom. The number of hydrogen-bond donors (Lipinski definition) is 2. The number of carbonyl (C=O) groups excluding carboxylic acids is 1. The van der Waals surface area contributed by atoms with Gasteiger partial charge in [-0.1, -0.05) is 42.0 Å². The number of benzene rings is 1. The number of carbonyl (C=O) groups is 1. The van der Waals surface area contributed by atoms with Gasteiger partial charge in [-0.15, -0.1) is 0 Å². The van der Waals surface area contributed by atoms with E-state index in [1.54, 1.807) is 7.11 Å². The van der Waals surface area contributed by atoms with Crippen molar-refractivity contribution in [2.45, 2.75) is 96.9 Å². The van der Waals surface area contributed by atoms with Crippen LogP contribution in [0.2, 0.25) is 0 Å². The predicted octanol–water partition coefficient (Wildman–Crippen LogP) is 5.35. The molecule has 2 fully saturated rings. The third-order valence-electron chi connectivity index (χ3n) is 6.97. The van der Waals surface area contributed by atoms with Gasteiger partial charge in [0.05, 0.1) is 5.41 Å². The lowest BCUT2D eigenvalue weighted by molar-refractivity contribution is -0.165. The fourth-order valence-electron chi connectivity index (χ4n) is 4.79. The average molecular weight is 471 g/mol. The summed E-state index contributed by atoms with van der Waals surface area (Å²) in [5.41, 5.74) is 1.82. The molecule has 5 heteroatoms. The summed E-state index contributed by atoms with van der Waals surface area (Å²) >= 11 is 0. The Morgan fingerprint density at radius 3 is 2.29 bits per heavy atom. The first-order valence-corrected chi connectivity index (χ1v) is 13.0. The normalized spacial score (nSPS) is 25.8. The zero-order valence-corrected chi connectivity index (χ0v) is 22.2. The largest absolute Gasteiger partial charge is 0.460 e. The minimum atomic E-state index is -0.521. The molecule has 5 nitrogen and oxygen atoms in total. The van der Waals surface area contributed by atoms with Gasteiger partial charge >= 0.3 is 5.97 Å². The molecule has 0 unspecified atom stereocenters. The molecule has 2 saturated carbocycles. The molecule has 1 aromatic carbocycles. The molecule has 0 heterocycles. The Bertz CT molecular complexity index is 804. The van der Waals surface area contributed by atoms with Crippen molar-refractivity contribution < 1.29 is 14.3 Å². The maximum absolute atomic E-state index is 12.5. The zero-order valence-electron chi connectivity index (χ0n) is 22.2. The molecule has 2 N–H and O–H groups in total. The van der Waals surface area contributed by atoms with Gasteiger partial charge in [0.15, 0.2) is 0 Å². The maximum atomic E-state index is 12.5. The van der Waals surface area contributed by atoms with Gasteiger partial charge < -0.3 is 20.1 Å². The Kier molecular flexibility index (Phi) is 9.36. The molecule has 190 valence electrons. The molecule has 2 aliphatic carbocycles. The van der Waals surface area contributed by atoms with Crippen LogP contribution in [0.3, 0.4) is 0 Å². The Hall–Kier alpha value is -1.69. The highest BCUT2D eigenvalue weighted by Crippen LogP contribution is 2.41. The molecule has 2 atom stereocenters. The van der Waals surface area contributed by atoms with E-state index < -0.39 is 11.0 Å². The van der Waals surface area contributed by atoms with E-state index in [9.17, 15) is 4.79 Å². The number of esters is 1. The minimum Gasteiger partial charge on any atom is -0.460 e. The van der Waals surface area contributed by atoms with Gasteiger partial charge in [0.2, 0.25) is 0 Å². The van der Waals surface area contributed by atoms with Crippen LogP contribution >= 0.6 is 0 Å². The van der Waals surface area contributed by atoms with Crippen LogP contribution in [0.1, 0.15) is 78.7 Å². The SMILES string of the molecule is COCC/C(=C\c1ccccc1)[C@@H]1C[C@H]1NC1CCC(NCC(C)(C)C(=O)OC(C)(C)C)CC1. The highest BCUT2D eigenvalue weighted by molar-refractivity contribution is 5.76. The molecular formula is C29H46N2O3. The van der Waals surface area contributed by atoms with Crippen LogP contribution in [-0.4, -0.2) is 50.0 Å². The van der Waals surface area contributed by atoms with Gasteiger partial charge in [0, 0.05) is 38.4 Å². The van der Waals surface area contributed by atoms with Crippen molar-refractivity contribution in [3.63, 3.8) is 0 Å². The molecule has 0 aliphatic heterocycles. The van der Waals surface area contributed by atoms with Crippen LogP contribution in [0.5, 0.6) is 0 Å². The lowest BCUT2D eigenvalue weighted by atomic mass is 9.88. The topological polar surface area (TPSA) is 59.6 Å². The van der Waals surface area contributed by atoms with E-state index in [0.717, 1.165) is 25.9 Å². The molecule has 0 radical (unpaired) electrons. The Balaban J connectivity index is 1.42. The fraction of sp³-hybridized carbons (Fsp3) is 0.690. The van der Waals surface area contributed by atoms with Crippen molar-refractivity contribution >= 4 is 12.0 Å². The molecule has 0 aromatic heterocycles. The van der Waals surface area contributed by atoms with E-state index in [4.69, 9.17) is 9.47 Å². The maximum Gasteiger partial charge on any atom is 0.313 e. The first-order chi connectivity index (χ1) is 16.1. The summed E-state index contributed by atoms with van der Waals surface area (Å²) in [7, 11) is 1.78. The summed E-state index contributed by atoms with van der Waals surface area (Å²) in [6.07, 6.45) is 9.25. The molecule has 1 aromatic rings. The highest BCUT2D eigenvalue weighted by Gasteiger charge is 2.41. The Labute approximate surface area is 207 Å². The lowest BCUT2D eigenvalue weighted by Gasteiger charge is -2.33. The van der Waals surface area contributed by atoms with Gasteiger partial charge in [0.25, 0.3) is 0 Å². The summed E-state index contributed by atoms with van der Waals surface area (Å²) in [4.78, 5) is 12.5. The molecular weight excluding hydrogens is 424 g/mol. The predicted molar refractivity (Wildman–Crippen MR) is 140 cm³/mol. The minimum absolute atomic E-state index is 0.129. The average Bonchev–Trinajstić information content (AvgIpc) is 3.54. The first kappa shape index (κ1) is 26.9. The molecule has 3 rings (SSSR count). The molecule has 0 bridgehead atoms. The molecule has 0 spiro atoms. The highest BCUT2D eigenvalue weighted by atomic mass is 16.6. The van der Waals surface area contributed by atoms with Crippen molar-refractivity contribution in [3.8, 4) is 0 Å². The van der Waals surface area contributed by atoms with Crippen molar-refractivity contribution in [1.82, 2.24) is 10.6 Å². The smallest absolute Gasteiger partial charge is 0.313 e. The summed E-state index contributed by atoms with van der Waals surface area (Å²) in [6, 6.07) is 12.3. The summed E-state index contributed by atoms with van der Waals surface area (Å²) in [6.45, 7) is 11.1. The fourth-order valence-corrected chi connectivity index (χ4v) is 4.79. The molecule has 2 aliphatic rings. The van der Waals surface area contributed by atoms with Crippen LogP contribution in [0.15, 0.2) is 35.9 Å². The van der Waals surface area contributed by atoms with Crippen LogP contribution < -0.4 is 10.6 Å². The molecule has 0 saturated heterocycles. The van der Waals surface area contributed by atoms with E-state index in [2.05, 4.69) is 47.0 Å².